The van der Waals surface area contributed by atoms with E-state index < -0.39 is 0 Å². The van der Waals surface area contributed by atoms with Gasteiger partial charge in [0, 0.05) is 46.0 Å². The minimum Gasteiger partial charge on any atom is -0.381 e. The molecule has 1 aliphatic rings. The second-order valence-electron chi connectivity index (χ2n) is 6.74. The van der Waals surface area contributed by atoms with Crippen LogP contribution in [-0.4, -0.2) is 50.7 Å². The SMILES string of the molecule is CN(C)C(=O)CCc1ccc(NC(=O)NCCC[C@@H]2CCOC2)cc1. The highest BCUT2D eigenvalue weighted by atomic mass is 16.5. The van der Waals surface area contributed by atoms with Crippen molar-refractivity contribution in [2.24, 2.45) is 5.92 Å². The molecule has 6 heteroatoms. The van der Waals surface area contributed by atoms with Crippen LogP contribution in [0, 0.1) is 5.92 Å². The van der Waals surface area contributed by atoms with Gasteiger partial charge in [-0.2, -0.15) is 0 Å². The molecule has 1 saturated heterocycles. The molecule has 3 amide bonds. The number of ether oxygens (including phenoxy) is 1. The van der Waals surface area contributed by atoms with Gasteiger partial charge in [-0.25, -0.2) is 4.79 Å². The van der Waals surface area contributed by atoms with Gasteiger partial charge in [0.15, 0.2) is 0 Å². The molecule has 1 fully saturated rings. The lowest BCUT2D eigenvalue weighted by molar-refractivity contribution is -0.128. The quantitative estimate of drug-likeness (QED) is 0.710. The van der Waals surface area contributed by atoms with Crippen molar-refractivity contribution < 1.29 is 14.3 Å². The van der Waals surface area contributed by atoms with E-state index in [2.05, 4.69) is 10.6 Å². The third-order valence-electron chi connectivity index (χ3n) is 4.44. The van der Waals surface area contributed by atoms with Crippen molar-refractivity contribution in [2.45, 2.75) is 32.1 Å². The minimum absolute atomic E-state index is 0.116. The lowest BCUT2D eigenvalue weighted by Gasteiger charge is -2.11. The Morgan fingerprint density at radius 1 is 1.24 bits per heavy atom. The highest BCUT2D eigenvalue weighted by Crippen LogP contribution is 2.17. The van der Waals surface area contributed by atoms with E-state index >= 15 is 0 Å². The van der Waals surface area contributed by atoms with Gasteiger partial charge in [0.25, 0.3) is 0 Å². The molecule has 0 spiro atoms. The van der Waals surface area contributed by atoms with Gasteiger partial charge < -0.3 is 20.3 Å². The van der Waals surface area contributed by atoms with Gasteiger partial charge in [0.2, 0.25) is 5.91 Å². The second-order valence-corrected chi connectivity index (χ2v) is 6.74. The maximum atomic E-state index is 11.9. The van der Waals surface area contributed by atoms with Gasteiger partial charge >= 0.3 is 6.03 Å². The summed E-state index contributed by atoms with van der Waals surface area (Å²) in [4.78, 5) is 25.1. The summed E-state index contributed by atoms with van der Waals surface area (Å²) in [7, 11) is 3.52. The van der Waals surface area contributed by atoms with E-state index in [1.807, 2.05) is 24.3 Å². The molecule has 0 aromatic heterocycles. The van der Waals surface area contributed by atoms with Crippen LogP contribution in [0.3, 0.4) is 0 Å². The highest BCUT2D eigenvalue weighted by Gasteiger charge is 2.14. The Morgan fingerprint density at radius 2 is 2.00 bits per heavy atom. The van der Waals surface area contributed by atoms with Crippen LogP contribution in [0.2, 0.25) is 0 Å². The predicted molar refractivity (Wildman–Crippen MR) is 98.6 cm³/mol. The number of nitrogens with one attached hydrogen (secondary N) is 2. The molecule has 2 rings (SSSR count). The lowest BCUT2D eigenvalue weighted by atomic mass is 10.0. The topological polar surface area (TPSA) is 70.7 Å². The van der Waals surface area contributed by atoms with Crippen molar-refractivity contribution in [3.63, 3.8) is 0 Å². The smallest absolute Gasteiger partial charge is 0.319 e. The molecule has 0 radical (unpaired) electrons. The first-order valence-electron chi connectivity index (χ1n) is 8.96. The molecule has 0 unspecified atom stereocenters. The van der Waals surface area contributed by atoms with Crippen molar-refractivity contribution in [3.8, 4) is 0 Å². The third kappa shape index (κ3) is 7.13. The Balaban J connectivity index is 1.64. The van der Waals surface area contributed by atoms with Crippen molar-refractivity contribution >= 4 is 17.6 Å². The molecule has 25 heavy (non-hydrogen) atoms. The zero-order chi connectivity index (χ0) is 18.1. The van der Waals surface area contributed by atoms with E-state index in [-0.39, 0.29) is 11.9 Å². The summed E-state index contributed by atoms with van der Waals surface area (Å²) in [6.07, 6.45) is 4.40. The van der Waals surface area contributed by atoms with E-state index in [9.17, 15) is 9.59 Å². The summed E-state index contributed by atoms with van der Waals surface area (Å²) < 4.78 is 5.35. The Labute approximate surface area is 149 Å². The molecule has 1 aromatic carbocycles. The summed E-state index contributed by atoms with van der Waals surface area (Å²) in [6, 6.07) is 7.44. The normalized spacial score (nSPS) is 16.5. The molecule has 1 aromatic rings. The molecule has 0 bridgehead atoms. The molecule has 0 aliphatic carbocycles. The van der Waals surface area contributed by atoms with Crippen LogP contribution in [-0.2, 0) is 16.0 Å². The number of urea groups is 1. The summed E-state index contributed by atoms with van der Waals surface area (Å²) in [5, 5.41) is 5.71. The van der Waals surface area contributed by atoms with E-state index in [0.717, 1.165) is 43.7 Å². The predicted octanol–water partition coefficient (Wildman–Crippen LogP) is 2.65. The van der Waals surface area contributed by atoms with Gasteiger partial charge in [-0.05, 0) is 49.3 Å². The van der Waals surface area contributed by atoms with Gasteiger partial charge in [0.05, 0.1) is 0 Å². The highest BCUT2D eigenvalue weighted by molar-refractivity contribution is 5.89. The maximum absolute atomic E-state index is 11.9. The molecule has 1 aliphatic heterocycles. The molecule has 1 heterocycles. The molecule has 6 nitrogen and oxygen atoms in total. The number of nitrogens with zero attached hydrogens (tertiary/aromatic N) is 1. The van der Waals surface area contributed by atoms with E-state index in [0.29, 0.717) is 25.3 Å². The average Bonchev–Trinajstić information content (AvgIpc) is 3.11. The van der Waals surface area contributed by atoms with E-state index in [4.69, 9.17) is 4.74 Å². The average molecular weight is 347 g/mol. The Bertz CT molecular complexity index is 552. The number of amides is 3. The first-order chi connectivity index (χ1) is 12.0. The number of hydrogen-bond donors (Lipinski definition) is 2. The van der Waals surface area contributed by atoms with Crippen LogP contribution < -0.4 is 10.6 Å². The molecule has 0 saturated carbocycles. The number of aryl methyl sites for hydroxylation is 1. The number of carbonyl (C=O) groups is 2. The van der Waals surface area contributed by atoms with Crippen LogP contribution >= 0.6 is 0 Å². The molecule has 138 valence electrons. The number of carbonyl (C=O) groups excluding carboxylic acids is 2. The third-order valence-corrected chi connectivity index (χ3v) is 4.44. The minimum atomic E-state index is -0.182. The van der Waals surface area contributed by atoms with Crippen molar-refractivity contribution in [1.29, 1.82) is 0 Å². The Hall–Kier alpha value is -2.08. The maximum Gasteiger partial charge on any atom is 0.319 e. The van der Waals surface area contributed by atoms with Crippen LogP contribution in [0.4, 0.5) is 10.5 Å². The van der Waals surface area contributed by atoms with Gasteiger partial charge in [-0.1, -0.05) is 12.1 Å². The monoisotopic (exact) mass is 347 g/mol. The molecule has 1 atom stereocenters. The van der Waals surface area contributed by atoms with E-state index in [1.165, 1.54) is 0 Å². The first-order valence-corrected chi connectivity index (χ1v) is 8.96. The van der Waals surface area contributed by atoms with Crippen LogP contribution in [0.25, 0.3) is 0 Å². The fraction of sp³-hybridized carbons (Fsp3) is 0.579. The summed E-state index contributed by atoms with van der Waals surface area (Å²) >= 11 is 0. The number of anilines is 1. The largest absolute Gasteiger partial charge is 0.381 e. The fourth-order valence-electron chi connectivity index (χ4n) is 2.81. The summed E-state index contributed by atoms with van der Waals surface area (Å²) in [5.41, 5.74) is 1.84. The first kappa shape index (κ1) is 19.2. The fourth-order valence-corrected chi connectivity index (χ4v) is 2.81. The van der Waals surface area contributed by atoms with Gasteiger partial charge in [-0.15, -0.1) is 0 Å². The lowest BCUT2D eigenvalue weighted by Crippen LogP contribution is -2.29. The van der Waals surface area contributed by atoms with E-state index in [1.54, 1.807) is 19.0 Å². The second kappa shape index (κ2) is 10.0. The molecular weight excluding hydrogens is 318 g/mol. The Morgan fingerprint density at radius 3 is 2.64 bits per heavy atom. The van der Waals surface area contributed by atoms with Crippen LogP contribution in [0.5, 0.6) is 0 Å². The number of hydrogen-bond acceptors (Lipinski definition) is 3. The zero-order valence-electron chi connectivity index (χ0n) is 15.2. The van der Waals surface area contributed by atoms with Crippen molar-refractivity contribution in [1.82, 2.24) is 10.2 Å². The number of benzene rings is 1. The van der Waals surface area contributed by atoms with Gasteiger partial charge in [0.1, 0.15) is 0 Å². The van der Waals surface area contributed by atoms with Crippen molar-refractivity contribution in [2.75, 3.05) is 39.2 Å². The van der Waals surface area contributed by atoms with Crippen LogP contribution in [0.1, 0.15) is 31.2 Å². The van der Waals surface area contributed by atoms with Crippen molar-refractivity contribution in [3.05, 3.63) is 29.8 Å². The zero-order valence-corrected chi connectivity index (χ0v) is 15.2. The molecular formula is C19H29N3O3. The number of rotatable bonds is 8. The van der Waals surface area contributed by atoms with Gasteiger partial charge in [-0.3, -0.25) is 4.79 Å². The summed E-state index contributed by atoms with van der Waals surface area (Å²) in [5.74, 6) is 0.766. The molecule has 2 N–H and O–H groups in total. The Kier molecular flexibility index (Phi) is 7.73. The van der Waals surface area contributed by atoms with Crippen LogP contribution in [0.15, 0.2) is 24.3 Å². The standard InChI is InChI=1S/C19H29N3O3/c1-22(2)18(23)10-7-15-5-8-17(9-6-15)21-19(24)20-12-3-4-16-11-13-25-14-16/h5-6,8-9,16H,3-4,7,10-14H2,1-2H3,(H2,20,21,24)/t16-/m1/s1. The summed E-state index contributed by atoms with van der Waals surface area (Å²) in [6.45, 7) is 2.41.